The SMILES string of the molecule is Cc1cc(C)c2c(c1)C(Cc1ccc(-c3ccccc3)cc1)c1ccc(-c3ccccc3)cc1B2c1cc2c(cc1C(C)c1cccc3c1-c1ccccc1C3(C)C)C(C)(C)CCC2(C)C. The summed E-state index contributed by atoms with van der Waals surface area (Å²) >= 11 is 0. The third-order valence-corrected chi connectivity index (χ3v) is 16.5. The summed E-state index contributed by atoms with van der Waals surface area (Å²) in [6, 6.07) is 65.5. The number of benzene rings is 8. The zero-order valence-electron chi connectivity index (χ0n) is 40.5. The molecule has 1 heteroatoms. The van der Waals surface area contributed by atoms with Crippen molar-refractivity contribution in [2.45, 2.75) is 110 Å². The van der Waals surface area contributed by atoms with Crippen molar-refractivity contribution in [2.75, 3.05) is 0 Å². The molecule has 2 atom stereocenters. The Labute approximate surface area is 395 Å². The molecule has 8 aromatic rings. The predicted molar refractivity (Wildman–Crippen MR) is 283 cm³/mol. The minimum Gasteiger partial charge on any atom is -0.0646 e. The smallest absolute Gasteiger partial charge is 0.0646 e. The van der Waals surface area contributed by atoms with E-state index in [4.69, 9.17) is 0 Å². The molecule has 3 aliphatic rings. The maximum absolute atomic E-state index is 2.73. The summed E-state index contributed by atoms with van der Waals surface area (Å²) in [7, 11) is 0. The average molecular weight is 855 g/mol. The zero-order valence-corrected chi connectivity index (χ0v) is 40.5. The Bertz CT molecular complexity index is 3160. The fourth-order valence-corrected chi connectivity index (χ4v) is 12.8. The molecule has 0 saturated carbocycles. The second kappa shape index (κ2) is 15.7. The molecule has 0 nitrogen and oxygen atoms in total. The van der Waals surface area contributed by atoms with E-state index in [9.17, 15) is 0 Å². The first-order valence-corrected chi connectivity index (χ1v) is 24.6. The highest BCUT2D eigenvalue weighted by molar-refractivity contribution is 6.97. The molecule has 8 aromatic carbocycles. The fourth-order valence-electron chi connectivity index (χ4n) is 12.8. The lowest BCUT2D eigenvalue weighted by Gasteiger charge is -2.44. The Morgan fingerprint density at radius 3 is 1.79 bits per heavy atom. The quantitative estimate of drug-likeness (QED) is 0.140. The summed E-state index contributed by atoms with van der Waals surface area (Å²) in [5.74, 6) is 0.362. The molecule has 66 heavy (non-hydrogen) atoms. The molecule has 0 bridgehead atoms. The predicted octanol–water partition coefficient (Wildman–Crippen LogP) is 14.6. The molecular weight excluding hydrogens is 792 g/mol. The molecule has 0 spiro atoms. The molecule has 2 unspecified atom stereocenters. The van der Waals surface area contributed by atoms with Crippen molar-refractivity contribution in [3.8, 4) is 33.4 Å². The summed E-state index contributed by atoms with van der Waals surface area (Å²) in [4.78, 5) is 0. The van der Waals surface area contributed by atoms with Gasteiger partial charge < -0.3 is 0 Å². The van der Waals surface area contributed by atoms with Crippen LogP contribution in [0.3, 0.4) is 0 Å². The highest BCUT2D eigenvalue weighted by atomic mass is 14.4. The second-order valence-electron chi connectivity index (χ2n) is 22.0. The van der Waals surface area contributed by atoms with Crippen molar-refractivity contribution in [1.29, 1.82) is 0 Å². The van der Waals surface area contributed by atoms with Crippen LogP contribution in [0, 0.1) is 13.8 Å². The van der Waals surface area contributed by atoms with Gasteiger partial charge in [-0.25, -0.2) is 0 Å². The molecule has 0 amide bonds. The first-order valence-electron chi connectivity index (χ1n) is 24.6. The van der Waals surface area contributed by atoms with E-state index < -0.39 is 0 Å². The average Bonchev–Trinajstić information content (AvgIpc) is 3.56. The Balaban J connectivity index is 1.17. The van der Waals surface area contributed by atoms with E-state index >= 15 is 0 Å². The molecule has 0 N–H and O–H groups in total. The molecule has 2 aliphatic carbocycles. The standard InChI is InChI=1S/C65H63B/c1-41-35-42(2)62-54(36-41)53(37-44-27-29-47(30-28-44)45-19-12-10-13-20-45)50-32-31-48(46-21-14-11-15-22-46)38-59(50)66(62)60-40-58-57(63(4,5)33-34-64(58,6)7)39-52(60)43(3)49-24-18-26-56-61(49)51-23-16-17-25-55(51)65(56,8)9/h10-32,35-36,38-40,43,53H,33-34,37H2,1-9H3. The van der Waals surface area contributed by atoms with E-state index in [-0.39, 0.29) is 34.8 Å². The van der Waals surface area contributed by atoms with Crippen LogP contribution in [0.25, 0.3) is 33.4 Å². The third-order valence-electron chi connectivity index (χ3n) is 16.5. The summed E-state index contributed by atoms with van der Waals surface area (Å²) < 4.78 is 0. The fraction of sp³-hybridized carbons (Fsp3) is 0.262. The van der Waals surface area contributed by atoms with Gasteiger partial charge in [-0.05, 0) is 127 Å². The second-order valence-corrected chi connectivity index (χ2v) is 22.0. The first-order chi connectivity index (χ1) is 31.7. The van der Waals surface area contributed by atoms with E-state index in [1.165, 1.54) is 124 Å². The van der Waals surface area contributed by atoms with Crippen LogP contribution in [0.4, 0.5) is 0 Å². The van der Waals surface area contributed by atoms with Crippen LogP contribution in [0.1, 0.15) is 134 Å². The van der Waals surface area contributed by atoms with E-state index in [1.54, 1.807) is 0 Å². The van der Waals surface area contributed by atoms with E-state index in [0.717, 1.165) is 6.42 Å². The van der Waals surface area contributed by atoms with Crippen molar-refractivity contribution in [2.24, 2.45) is 0 Å². The number of hydrogen-bond donors (Lipinski definition) is 0. The molecule has 0 radical (unpaired) electrons. The van der Waals surface area contributed by atoms with Gasteiger partial charge in [-0.3, -0.25) is 0 Å². The molecule has 1 heterocycles. The number of hydrogen-bond acceptors (Lipinski definition) is 0. The normalized spacial score (nSPS) is 17.5. The summed E-state index contributed by atoms with van der Waals surface area (Å²) in [5, 5.41) is 0. The maximum atomic E-state index is 2.73. The molecular formula is C65H63B. The van der Waals surface area contributed by atoms with Gasteiger partial charge in [0.25, 0.3) is 0 Å². The lowest BCUT2D eigenvalue weighted by molar-refractivity contribution is 0.332. The largest absolute Gasteiger partial charge is 0.242 e. The highest BCUT2D eigenvalue weighted by Crippen LogP contribution is 2.53. The van der Waals surface area contributed by atoms with Gasteiger partial charge in [-0.1, -0.05) is 246 Å². The monoisotopic (exact) mass is 855 g/mol. The highest BCUT2D eigenvalue weighted by Gasteiger charge is 2.44. The summed E-state index contributed by atoms with van der Waals surface area (Å²) in [5.41, 5.74) is 28.3. The van der Waals surface area contributed by atoms with Gasteiger partial charge in [0.15, 0.2) is 0 Å². The lowest BCUT2D eigenvalue weighted by atomic mass is 9.30. The molecule has 0 fully saturated rings. The topological polar surface area (TPSA) is 0 Å². The molecule has 0 aromatic heterocycles. The van der Waals surface area contributed by atoms with E-state index in [1.807, 2.05) is 0 Å². The van der Waals surface area contributed by atoms with Gasteiger partial charge in [0, 0.05) is 17.3 Å². The van der Waals surface area contributed by atoms with Crippen molar-refractivity contribution >= 4 is 23.1 Å². The molecule has 326 valence electrons. The van der Waals surface area contributed by atoms with Crippen LogP contribution in [0.2, 0.25) is 0 Å². The third kappa shape index (κ3) is 6.87. The summed E-state index contributed by atoms with van der Waals surface area (Å²) in [6.07, 6.45) is 3.30. The van der Waals surface area contributed by atoms with Crippen LogP contribution in [0.15, 0.2) is 170 Å². The Morgan fingerprint density at radius 1 is 0.500 bits per heavy atom. The summed E-state index contributed by atoms with van der Waals surface area (Å²) in [6.45, 7) is 22.1. The van der Waals surface area contributed by atoms with Crippen LogP contribution < -0.4 is 16.4 Å². The van der Waals surface area contributed by atoms with Crippen molar-refractivity contribution < 1.29 is 0 Å². The van der Waals surface area contributed by atoms with Gasteiger partial charge in [0.2, 0.25) is 6.71 Å². The van der Waals surface area contributed by atoms with E-state index in [2.05, 4.69) is 232 Å². The minimum absolute atomic E-state index is 0.0556. The molecule has 11 rings (SSSR count). The Hall–Kier alpha value is -6.18. The van der Waals surface area contributed by atoms with Crippen LogP contribution in [-0.4, -0.2) is 6.71 Å². The van der Waals surface area contributed by atoms with Crippen molar-refractivity contribution in [1.82, 2.24) is 0 Å². The Morgan fingerprint density at radius 2 is 1.09 bits per heavy atom. The van der Waals surface area contributed by atoms with Crippen LogP contribution >= 0.6 is 0 Å². The first kappa shape index (κ1) is 42.5. The van der Waals surface area contributed by atoms with E-state index in [0.29, 0.717) is 0 Å². The molecule has 1 aliphatic heterocycles. The van der Waals surface area contributed by atoms with Gasteiger partial charge in [-0.2, -0.15) is 0 Å². The maximum Gasteiger partial charge on any atom is 0.242 e. The van der Waals surface area contributed by atoms with Crippen LogP contribution in [-0.2, 0) is 22.7 Å². The number of rotatable bonds is 7. The van der Waals surface area contributed by atoms with Crippen molar-refractivity contribution in [3.05, 3.63) is 231 Å². The Kier molecular flexibility index (Phi) is 10.1. The van der Waals surface area contributed by atoms with Gasteiger partial charge >= 0.3 is 0 Å². The number of aryl methyl sites for hydroxylation is 2. The lowest BCUT2D eigenvalue weighted by Crippen LogP contribution is -2.60. The minimum atomic E-state index is -0.0622. The van der Waals surface area contributed by atoms with Crippen molar-refractivity contribution in [3.63, 3.8) is 0 Å². The van der Waals surface area contributed by atoms with Gasteiger partial charge in [-0.15, -0.1) is 0 Å². The molecule has 0 saturated heterocycles. The zero-order chi connectivity index (χ0) is 45.7. The van der Waals surface area contributed by atoms with Crippen LogP contribution in [0.5, 0.6) is 0 Å². The van der Waals surface area contributed by atoms with Gasteiger partial charge in [0.05, 0.1) is 0 Å². The number of fused-ring (bicyclic) bond motifs is 6. The van der Waals surface area contributed by atoms with Gasteiger partial charge in [0.1, 0.15) is 0 Å².